The molecule has 0 saturated carbocycles. The van der Waals surface area contributed by atoms with Crippen LogP contribution in [0.5, 0.6) is 0 Å². The van der Waals surface area contributed by atoms with E-state index in [1.165, 1.54) is 41.7 Å². The Morgan fingerprint density at radius 1 is 0.943 bits per heavy atom. The van der Waals surface area contributed by atoms with Crippen LogP contribution in [-0.4, -0.2) is 35.0 Å². The van der Waals surface area contributed by atoms with Gasteiger partial charge in [-0.3, -0.25) is 29.3 Å². The highest BCUT2D eigenvalue weighted by Gasteiger charge is 2.14. The molecular weight excluding hydrogens is 472 g/mol. The zero-order valence-corrected chi connectivity index (χ0v) is 19.2. The fourth-order valence-corrected chi connectivity index (χ4v) is 3.49. The number of ketones is 2. The summed E-state index contributed by atoms with van der Waals surface area (Å²) in [4.78, 5) is 59.2. The molecule has 1 amide bonds. The van der Waals surface area contributed by atoms with E-state index in [0.717, 1.165) is 4.88 Å². The largest absolute Gasteiger partial charge is 0.457 e. The lowest BCUT2D eigenvalue weighted by Crippen LogP contribution is -2.17. The molecule has 0 aliphatic rings. The number of hydrogen-bond acceptors (Lipinski definition) is 8. The van der Waals surface area contributed by atoms with Gasteiger partial charge >= 0.3 is 5.97 Å². The van der Waals surface area contributed by atoms with E-state index >= 15 is 0 Å². The van der Waals surface area contributed by atoms with Crippen LogP contribution in [0.25, 0.3) is 6.08 Å². The second-order valence-electron chi connectivity index (χ2n) is 7.23. The second kappa shape index (κ2) is 12.1. The third-order valence-corrected chi connectivity index (χ3v) is 5.55. The molecule has 0 radical (unpaired) electrons. The highest BCUT2D eigenvalue weighted by Crippen LogP contribution is 2.15. The van der Waals surface area contributed by atoms with Gasteiger partial charge in [0.1, 0.15) is 0 Å². The van der Waals surface area contributed by atoms with Crippen LogP contribution < -0.4 is 5.32 Å². The smallest absolute Gasteiger partial charge is 0.306 e. The number of anilines is 1. The zero-order chi connectivity index (χ0) is 25.2. The fraction of sp³-hybridized carbons (Fsp3) is 0.120. The quantitative estimate of drug-likeness (QED) is 0.135. The fourth-order valence-electron chi connectivity index (χ4n) is 2.87. The number of nitrogens with one attached hydrogen (secondary N) is 1. The third kappa shape index (κ3) is 7.83. The number of esters is 1. The molecule has 1 N–H and O–H groups in total. The molecule has 3 rings (SSSR count). The monoisotopic (exact) mass is 492 g/mol. The molecule has 0 aliphatic heterocycles. The van der Waals surface area contributed by atoms with Gasteiger partial charge in [-0.15, -0.1) is 11.3 Å². The molecule has 9 nitrogen and oxygen atoms in total. The van der Waals surface area contributed by atoms with Crippen LogP contribution >= 0.6 is 11.3 Å². The van der Waals surface area contributed by atoms with Crippen molar-refractivity contribution in [2.45, 2.75) is 12.8 Å². The Balaban J connectivity index is 1.39. The maximum atomic E-state index is 12.2. The van der Waals surface area contributed by atoms with E-state index in [1.54, 1.807) is 30.3 Å². The predicted octanol–water partition coefficient (Wildman–Crippen LogP) is 4.70. The van der Waals surface area contributed by atoms with Gasteiger partial charge in [0.2, 0.25) is 5.91 Å². The number of ether oxygens (including phenoxy) is 1. The number of nitro benzene ring substituents is 1. The number of rotatable bonds is 11. The molecule has 0 fully saturated rings. The highest BCUT2D eigenvalue weighted by molar-refractivity contribution is 7.10. The van der Waals surface area contributed by atoms with Crippen LogP contribution in [0.4, 0.5) is 11.4 Å². The van der Waals surface area contributed by atoms with Crippen LogP contribution in [0.1, 0.15) is 38.4 Å². The average molecular weight is 493 g/mol. The van der Waals surface area contributed by atoms with Gasteiger partial charge in [0, 0.05) is 40.2 Å². The van der Waals surface area contributed by atoms with Gasteiger partial charge in [0.25, 0.3) is 5.69 Å². The molecule has 0 unspecified atom stereocenters. The van der Waals surface area contributed by atoms with Crippen LogP contribution in [-0.2, 0) is 14.3 Å². The van der Waals surface area contributed by atoms with E-state index in [-0.39, 0.29) is 29.9 Å². The summed E-state index contributed by atoms with van der Waals surface area (Å²) in [5.41, 5.74) is 0.953. The number of non-ortho nitro benzene ring substituents is 1. The van der Waals surface area contributed by atoms with Crippen LogP contribution in [0.15, 0.2) is 72.1 Å². The maximum absolute atomic E-state index is 12.2. The van der Waals surface area contributed by atoms with Gasteiger partial charge < -0.3 is 10.1 Å². The van der Waals surface area contributed by atoms with Crippen molar-refractivity contribution in [2.75, 3.05) is 11.9 Å². The third-order valence-electron chi connectivity index (χ3n) is 4.72. The molecule has 2 aromatic carbocycles. The first-order chi connectivity index (χ1) is 16.8. The summed E-state index contributed by atoms with van der Waals surface area (Å²) in [7, 11) is 0. The molecule has 178 valence electrons. The molecular formula is C25H20N2O7S. The number of nitro groups is 1. The van der Waals surface area contributed by atoms with Gasteiger partial charge in [0.15, 0.2) is 18.2 Å². The van der Waals surface area contributed by atoms with Gasteiger partial charge in [0.05, 0.1) is 11.3 Å². The summed E-state index contributed by atoms with van der Waals surface area (Å²) >= 11 is 1.52. The molecule has 0 spiro atoms. The summed E-state index contributed by atoms with van der Waals surface area (Å²) in [5.74, 6) is -1.84. The minimum atomic E-state index is -0.728. The first kappa shape index (κ1) is 25.2. The summed E-state index contributed by atoms with van der Waals surface area (Å²) < 4.78 is 4.88. The number of benzene rings is 2. The SMILES string of the molecule is O=C(CCC(=O)OCC(=O)c1ccc([N+](=O)[O-])cc1)Nc1ccc(C(=O)/C=C/c2cccs2)cc1. The van der Waals surface area contributed by atoms with Gasteiger partial charge in [-0.2, -0.15) is 0 Å². The van der Waals surface area contributed by atoms with E-state index < -0.39 is 29.2 Å². The van der Waals surface area contributed by atoms with Crippen LogP contribution in [0.2, 0.25) is 0 Å². The molecule has 0 bridgehead atoms. The summed E-state index contributed by atoms with van der Waals surface area (Å²) in [6, 6.07) is 15.1. The summed E-state index contributed by atoms with van der Waals surface area (Å²) in [6.45, 7) is -0.533. The number of allylic oxidation sites excluding steroid dienone is 1. The number of carbonyl (C=O) groups is 4. The standard InChI is InChI=1S/C25H20N2O7S/c28-22(12-11-21-2-1-15-35-21)17-3-7-19(8-4-17)26-24(30)13-14-25(31)34-16-23(29)18-5-9-20(10-6-18)27(32)33/h1-12,15H,13-14,16H2,(H,26,30)/b12-11+. The zero-order valence-electron chi connectivity index (χ0n) is 18.3. The van der Waals surface area contributed by atoms with E-state index in [2.05, 4.69) is 5.32 Å². The minimum Gasteiger partial charge on any atom is -0.457 e. The molecule has 1 aromatic heterocycles. The normalized spacial score (nSPS) is 10.6. The average Bonchev–Trinajstić information content (AvgIpc) is 3.39. The van der Waals surface area contributed by atoms with E-state index in [1.807, 2.05) is 17.5 Å². The number of Topliss-reactive ketones (excluding diaryl/α,β-unsaturated/α-hetero) is 1. The first-order valence-corrected chi connectivity index (χ1v) is 11.3. The Bertz CT molecular complexity index is 1250. The number of hydrogen-bond donors (Lipinski definition) is 1. The Morgan fingerprint density at radius 2 is 1.63 bits per heavy atom. The number of thiophene rings is 1. The Hall–Kier alpha value is -4.44. The Morgan fingerprint density at radius 3 is 2.26 bits per heavy atom. The lowest BCUT2D eigenvalue weighted by molar-refractivity contribution is -0.384. The molecule has 0 atom stereocenters. The Labute approximate surface area is 204 Å². The predicted molar refractivity (Wildman–Crippen MR) is 130 cm³/mol. The molecule has 0 aliphatic carbocycles. The van der Waals surface area contributed by atoms with Crippen molar-refractivity contribution in [1.82, 2.24) is 0 Å². The first-order valence-electron chi connectivity index (χ1n) is 10.4. The van der Waals surface area contributed by atoms with Crippen molar-refractivity contribution in [3.63, 3.8) is 0 Å². The summed E-state index contributed by atoms with van der Waals surface area (Å²) in [6.07, 6.45) is 2.83. The van der Waals surface area contributed by atoms with E-state index in [9.17, 15) is 29.3 Å². The van der Waals surface area contributed by atoms with Crippen molar-refractivity contribution < 1.29 is 28.8 Å². The molecule has 3 aromatic rings. The van der Waals surface area contributed by atoms with Crippen molar-refractivity contribution in [1.29, 1.82) is 0 Å². The number of amides is 1. The minimum absolute atomic E-state index is 0.156. The van der Waals surface area contributed by atoms with E-state index in [0.29, 0.717) is 11.3 Å². The summed E-state index contributed by atoms with van der Waals surface area (Å²) in [5, 5.41) is 15.2. The number of carbonyl (C=O) groups excluding carboxylic acids is 4. The molecule has 1 heterocycles. The van der Waals surface area contributed by atoms with Crippen molar-refractivity contribution in [2.24, 2.45) is 0 Å². The van der Waals surface area contributed by atoms with Crippen molar-refractivity contribution in [3.05, 3.63) is 98.2 Å². The van der Waals surface area contributed by atoms with Crippen LogP contribution in [0.3, 0.4) is 0 Å². The van der Waals surface area contributed by atoms with Crippen molar-refractivity contribution in [3.8, 4) is 0 Å². The molecule has 35 heavy (non-hydrogen) atoms. The van der Waals surface area contributed by atoms with Crippen LogP contribution in [0, 0.1) is 10.1 Å². The lowest BCUT2D eigenvalue weighted by atomic mass is 10.1. The lowest BCUT2D eigenvalue weighted by Gasteiger charge is -2.07. The second-order valence-corrected chi connectivity index (χ2v) is 8.21. The van der Waals surface area contributed by atoms with Gasteiger partial charge in [-0.25, -0.2) is 0 Å². The maximum Gasteiger partial charge on any atom is 0.306 e. The molecule has 0 saturated heterocycles. The topological polar surface area (TPSA) is 133 Å². The van der Waals surface area contributed by atoms with Gasteiger partial charge in [-0.1, -0.05) is 6.07 Å². The van der Waals surface area contributed by atoms with Gasteiger partial charge in [-0.05, 0) is 60.0 Å². The molecule has 10 heteroatoms. The number of nitrogens with zero attached hydrogens (tertiary/aromatic N) is 1. The highest BCUT2D eigenvalue weighted by atomic mass is 32.1. The Kier molecular flexibility index (Phi) is 8.74. The van der Waals surface area contributed by atoms with E-state index in [4.69, 9.17) is 4.74 Å². The van der Waals surface area contributed by atoms with Crippen molar-refractivity contribution >= 4 is 52.2 Å².